The molecule has 0 saturated carbocycles. The lowest BCUT2D eigenvalue weighted by atomic mass is 10.2. The Hall–Kier alpha value is -2.27. The molecular weight excluding hydrogens is 245 g/mol. The monoisotopic (exact) mass is 259 g/mol. The van der Waals surface area contributed by atoms with Gasteiger partial charge in [-0.1, -0.05) is 18.2 Å². The van der Waals surface area contributed by atoms with E-state index in [4.69, 9.17) is 5.73 Å². The lowest BCUT2D eigenvalue weighted by Gasteiger charge is -2.05. The van der Waals surface area contributed by atoms with Crippen molar-refractivity contribution in [2.75, 3.05) is 0 Å². The first-order chi connectivity index (χ1) is 9.19. The maximum absolute atomic E-state index is 12.7. The molecule has 2 rings (SSSR count). The third-order valence-corrected chi connectivity index (χ3v) is 2.66. The Morgan fingerprint density at radius 1 is 1.16 bits per heavy atom. The molecule has 0 spiro atoms. The SMILES string of the molecule is NCc1ccc(C(=O)NCc2ccc(F)cc2)nc1. The normalized spacial score (nSPS) is 10.2. The molecule has 5 heteroatoms. The highest BCUT2D eigenvalue weighted by atomic mass is 19.1. The third kappa shape index (κ3) is 3.59. The van der Waals surface area contributed by atoms with E-state index in [0.29, 0.717) is 18.8 Å². The molecule has 0 radical (unpaired) electrons. The van der Waals surface area contributed by atoms with Crippen LogP contribution in [0.15, 0.2) is 42.6 Å². The van der Waals surface area contributed by atoms with Crippen LogP contribution in [0.2, 0.25) is 0 Å². The van der Waals surface area contributed by atoms with Crippen LogP contribution in [0.4, 0.5) is 4.39 Å². The molecule has 3 N–H and O–H groups in total. The molecule has 1 amide bonds. The fraction of sp³-hybridized carbons (Fsp3) is 0.143. The van der Waals surface area contributed by atoms with E-state index < -0.39 is 0 Å². The predicted molar refractivity (Wildman–Crippen MR) is 69.7 cm³/mol. The van der Waals surface area contributed by atoms with Gasteiger partial charge in [0.25, 0.3) is 5.91 Å². The summed E-state index contributed by atoms with van der Waals surface area (Å²) in [5, 5.41) is 2.72. The van der Waals surface area contributed by atoms with E-state index in [1.54, 1.807) is 30.5 Å². The molecule has 0 saturated heterocycles. The van der Waals surface area contributed by atoms with Crippen molar-refractivity contribution in [2.24, 2.45) is 5.73 Å². The number of nitrogens with two attached hydrogens (primary N) is 1. The molecule has 0 fully saturated rings. The van der Waals surface area contributed by atoms with Gasteiger partial charge in [-0.2, -0.15) is 0 Å². The maximum Gasteiger partial charge on any atom is 0.270 e. The largest absolute Gasteiger partial charge is 0.347 e. The number of carbonyl (C=O) groups is 1. The van der Waals surface area contributed by atoms with E-state index in [1.807, 2.05) is 0 Å². The van der Waals surface area contributed by atoms with Gasteiger partial charge in [-0.05, 0) is 29.3 Å². The van der Waals surface area contributed by atoms with Crippen molar-refractivity contribution < 1.29 is 9.18 Å². The summed E-state index contributed by atoms with van der Waals surface area (Å²) in [6.45, 7) is 0.726. The Kier molecular flexibility index (Phi) is 4.20. The first-order valence-corrected chi connectivity index (χ1v) is 5.86. The molecule has 0 atom stereocenters. The predicted octanol–water partition coefficient (Wildman–Crippen LogP) is 1.61. The number of amides is 1. The van der Waals surface area contributed by atoms with Gasteiger partial charge in [0.2, 0.25) is 0 Å². The van der Waals surface area contributed by atoms with Gasteiger partial charge in [0.05, 0.1) is 0 Å². The Balaban J connectivity index is 1.95. The molecule has 0 aliphatic heterocycles. The average Bonchev–Trinajstić information content (AvgIpc) is 2.46. The zero-order valence-electron chi connectivity index (χ0n) is 10.3. The van der Waals surface area contributed by atoms with Crippen molar-refractivity contribution in [3.8, 4) is 0 Å². The summed E-state index contributed by atoms with van der Waals surface area (Å²) < 4.78 is 12.7. The van der Waals surface area contributed by atoms with Gasteiger partial charge in [-0.25, -0.2) is 4.39 Å². The van der Waals surface area contributed by atoms with E-state index in [-0.39, 0.29) is 11.7 Å². The smallest absolute Gasteiger partial charge is 0.270 e. The van der Waals surface area contributed by atoms with E-state index >= 15 is 0 Å². The van der Waals surface area contributed by atoms with Crippen molar-refractivity contribution in [2.45, 2.75) is 13.1 Å². The van der Waals surface area contributed by atoms with Crippen molar-refractivity contribution in [1.29, 1.82) is 0 Å². The first kappa shape index (κ1) is 13.2. The molecule has 1 aromatic heterocycles. The molecule has 1 aromatic carbocycles. The number of hydrogen-bond acceptors (Lipinski definition) is 3. The van der Waals surface area contributed by atoms with E-state index in [2.05, 4.69) is 10.3 Å². The number of carbonyl (C=O) groups excluding carboxylic acids is 1. The van der Waals surface area contributed by atoms with Gasteiger partial charge >= 0.3 is 0 Å². The van der Waals surface area contributed by atoms with Gasteiger partial charge in [0.1, 0.15) is 11.5 Å². The fourth-order valence-corrected chi connectivity index (χ4v) is 1.55. The summed E-state index contributed by atoms with van der Waals surface area (Å²) in [4.78, 5) is 15.8. The Labute approximate surface area is 110 Å². The minimum atomic E-state index is -0.297. The molecule has 19 heavy (non-hydrogen) atoms. The molecule has 0 unspecified atom stereocenters. The van der Waals surface area contributed by atoms with E-state index in [0.717, 1.165) is 11.1 Å². The number of rotatable bonds is 4. The van der Waals surface area contributed by atoms with Gasteiger partial charge < -0.3 is 11.1 Å². The number of benzene rings is 1. The number of nitrogens with zero attached hydrogens (tertiary/aromatic N) is 1. The minimum Gasteiger partial charge on any atom is -0.347 e. The lowest BCUT2D eigenvalue weighted by molar-refractivity contribution is 0.0946. The zero-order valence-corrected chi connectivity index (χ0v) is 10.3. The molecular formula is C14H14FN3O. The van der Waals surface area contributed by atoms with Gasteiger partial charge in [-0.15, -0.1) is 0 Å². The standard InChI is InChI=1S/C14H14FN3O/c15-12-4-1-10(2-5-12)8-18-14(19)13-6-3-11(7-16)9-17-13/h1-6,9H,7-8,16H2,(H,18,19). The van der Waals surface area contributed by atoms with Crippen LogP contribution < -0.4 is 11.1 Å². The number of aromatic nitrogens is 1. The summed E-state index contributed by atoms with van der Waals surface area (Å²) >= 11 is 0. The molecule has 0 aliphatic carbocycles. The maximum atomic E-state index is 12.7. The molecule has 2 aromatic rings. The number of halogens is 1. The van der Waals surface area contributed by atoms with Crippen molar-refractivity contribution in [3.05, 3.63) is 65.2 Å². The highest BCUT2D eigenvalue weighted by molar-refractivity contribution is 5.92. The van der Waals surface area contributed by atoms with Crippen LogP contribution in [0.3, 0.4) is 0 Å². The number of nitrogens with one attached hydrogen (secondary N) is 1. The Morgan fingerprint density at radius 3 is 2.42 bits per heavy atom. The van der Waals surface area contributed by atoms with Crippen molar-refractivity contribution in [3.63, 3.8) is 0 Å². The van der Waals surface area contributed by atoms with E-state index in [9.17, 15) is 9.18 Å². The lowest BCUT2D eigenvalue weighted by Crippen LogP contribution is -2.23. The van der Waals surface area contributed by atoms with Crippen LogP contribution in [-0.4, -0.2) is 10.9 Å². The van der Waals surface area contributed by atoms with Crippen LogP contribution in [0.1, 0.15) is 21.6 Å². The summed E-state index contributed by atoms with van der Waals surface area (Å²) in [5.41, 5.74) is 7.48. The van der Waals surface area contributed by atoms with Gasteiger partial charge in [0.15, 0.2) is 0 Å². The van der Waals surface area contributed by atoms with Gasteiger partial charge in [-0.3, -0.25) is 9.78 Å². The Bertz CT molecular complexity index is 552. The minimum absolute atomic E-state index is 0.270. The second-order valence-corrected chi connectivity index (χ2v) is 4.06. The van der Waals surface area contributed by atoms with Crippen LogP contribution in [0, 0.1) is 5.82 Å². The summed E-state index contributed by atoms with van der Waals surface area (Å²) in [7, 11) is 0. The van der Waals surface area contributed by atoms with E-state index in [1.165, 1.54) is 12.1 Å². The zero-order chi connectivity index (χ0) is 13.7. The number of pyridine rings is 1. The van der Waals surface area contributed by atoms with Gasteiger partial charge in [0, 0.05) is 19.3 Å². The second-order valence-electron chi connectivity index (χ2n) is 4.06. The summed E-state index contributed by atoms with van der Waals surface area (Å²) in [5.74, 6) is -0.568. The van der Waals surface area contributed by atoms with Crippen LogP contribution in [0.5, 0.6) is 0 Å². The Morgan fingerprint density at radius 2 is 1.84 bits per heavy atom. The highest BCUT2D eigenvalue weighted by Crippen LogP contribution is 2.03. The first-order valence-electron chi connectivity index (χ1n) is 5.86. The summed E-state index contributed by atoms with van der Waals surface area (Å²) in [6.07, 6.45) is 1.58. The molecule has 0 bridgehead atoms. The van der Waals surface area contributed by atoms with Crippen LogP contribution in [0.25, 0.3) is 0 Å². The molecule has 0 aliphatic rings. The molecule has 98 valence electrons. The molecule has 4 nitrogen and oxygen atoms in total. The second kappa shape index (κ2) is 6.06. The quantitative estimate of drug-likeness (QED) is 0.876. The number of hydrogen-bond donors (Lipinski definition) is 2. The van der Waals surface area contributed by atoms with Crippen LogP contribution in [-0.2, 0) is 13.1 Å². The average molecular weight is 259 g/mol. The topological polar surface area (TPSA) is 68.0 Å². The van der Waals surface area contributed by atoms with Crippen molar-refractivity contribution in [1.82, 2.24) is 10.3 Å². The van der Waals surface area contributed by atoms with Crippen molar-refractivity contribution >= 4 is 5.91 Å². The highest BCUT2D eigenvalue weighted by Gasteiger charge is 2.06. The summed E-state index contributed by atoms with van der Waals surface area (Å²) in [6, 6.07) is 9.36. The molecule has 1 heterocycles. The fourth-order valence-electron chi connectivity index (χ4n) is 1.55. The van der Waals surface area contributed by atoms with Crippen LogP contribution >= 0.6 is 0 Å². The third-order valence-electron chi connectivity index (χ3n) is 2.66.